The van der Waals surface area contributed by atoms with Gasteiger partial charge in [0.15, 0.2) is 19.8 Å². The number of carbonyl (C=O) groups is 1. The fourth-order valence-corrected chi connectivity index (χ4v) is 6.42. The number of likely N-dealkylation sites (tertiary alicyclic amines) is 1. The lowest BCUT2D eigenvalue weighted by Crippen LogP contribution is -2.41. The van der Waals surface area contributed by atoms with Gasteiger partial charge in [0.1, 0.15) is 6.10 Å². The molecule has 1 heterocycles. The number of nitrogens with zero attached hydrogens (tertiary/aromatic N) is 2. The first-order chi connectivity index (χ1) is 21.9. The topological polar surface area (TPSA) is 99.1 Å². The van der Waals surface area contributed by atoms with Crippen LogP contribution in [0.25, 0.3) is 0 Å². The molecule has 0 radical (unpaired) electrons. The number of benzene rings is 2. The molecule has 2 aromatic rings. The second-order valence-corrected chi connectivity index (χ2v) is 18.5. The van der Waals surface area contributed by atoms with E-state index in [2.05, 4.69) is 43.9 Å². The van der Waals surface area contributed by atoms with Gasteiger partial charge in [-0.3, -0.25) is 0 Å². The first-order valence-corrected chi connectivity index (χ1v) is 19.6. The number of hydrogen-bond acceptors (Lipinski definition) is 9. The van der Waals surface area contributed by atoms with Crippen LogP contribution in [0.3, 0.4) is 0 Å². The predicted octanol–water partition coefficient (Wildman–Crippen LogP) is 7.67. The van der Waals surface area contributed by atoms with Gasteiger partial charge in [0.05, 0.1) is 32.6 Å². The van der Waals surface area contributed by atoms with Crippen LogP contribution in [0, 0.1) is 5.92 Å². The number of hydrogen-bond donors (Lipinski definition) is 1. The number of methoxy groups -OCH3 is 2. The van der Waals surface area contributed by atoms with Crippen LogP contribution in [-0.2, 0) is 14.0 Å². The van der Waals surface area contributed by atoms with Crippen LogP contribution in [0.4, 0.5) is 0 Å². The van der Waals surface area contributed by atoms with Gasteiger partial charge < -0.3 is 33.5 Å². The molecule has 0 bridgehead atoms. The summed E-state index contributed by atoms with van der Waals surface area (Å²) < 4.78 is 22.2. The molecule has 2 aromatic carbocycles. The Morgan fingerprint density at radius 1 is 1.04 bits per heavy atom. The van der Waals surface area contributed by atoms with E-state index in [1.165, 1.54) is 26.4 Å². The summed E-state index contributed by atoms with van der Waals surface area (Å²) in [6, 6.07) is 12.9. The molecular weight excluding hydrogens is 600 g/mol. The molecule has 46 heavy (non-hydrogen) atoms. The van der Waals surface area contributed by atoms with Crippen LogP contribution < -0.4 is 9.47 Å². The van der Waals surface area contributed by atoms with Gasteiger partial charge in [-0.05, 0) is 99.8 Å². The molecule has 1 saturated heterocycles. The van der Waals surface area contributed by atoms with Gasteiger partial charge in [-0.1, -0.05) is 56.3 Å². The van der Waals surface area contributed by atoms with Crippen molar-refractivity contribution in [3.05, 3.63) is 53.6 Å². The molecule has 0 aromatic heterocycles. The molecule has 3 rings (SSSR count). The summed E-state index contributed by atoms with van der Waals surface area (Å²) in [4.78, 5) is 21.1. The molecule has 10 heteroatoms. The summed E-state index contributed by atoms with van der Waals surface area (Å²) in [5.41, 5.74) is 1.26. The molecule has 0 amide bonds. The number of aromatic hydroxyl groups is 1. The number of esters is 1. The Labute approximate surface area is 277 Å². The summed E-state index contributed by atoms with van der Waals surface area (Å²) in [7, 11) is 1.13. The highest BCUT2D eigenvalue weighted by molar-refractivity contribution is 6.74. The Balaban J connectivity index is 1.39. The fourth-order valence-electron chi connectivity index (χ4n) is 5.33. The molecule has 1 fully saturated rings. The molecule has 1 unspecified atom stereocenters. The van der Waals surface area contributed by atoms with Crippen LogP contribution in [0.5, 0.6) is 17.2 Å². The van der Waals surface area contributed by atoms with Crippen molar-refractivity contribution >= 4 is 20.5 Å². The monoisotopic (exact) mass is 656 g/mol. The van der Waals surface area contributed by atoms with Crippen LogP contribution in [0.2, 0.25) is 18.1 Å². The lowest BCUT2D eigenvalue weighted by molar-refractivity contribution is 0.0322. The Hall–Kier alpha value is -3.08. The van der Waals surface area contributed by atoms with E-state index in [1.807, 2.05) is 30.3 Å². The zero-order valence-corrected chi connectivity index (χ0v) is 30.0. The molecule has 0 saturated carbocycles. The minimum atomic E-state index is -1.76. The summed E-state index contributed by atoms with van der Waals surface area (Å²) in [6.07, 6.45) is 8.73. The van der Waals surface area contributed by atoms with Crippen LogP contribution in [-0.4, -0.2) is 83.7 Å². The van der Waals surface area contributed by atoms with E-state index < -0.39 is 14.3 Å². The zero-order valence-electron chi connectivity index (χ0n) is 29.0. The van der Waals surface area contributed by atoms with Gasteiger partial charge in [0, 0.05) is 13.2 Å². The van der Waals surface area contributed by atoms with Gasteiger partial charge in [-0.2, -0.15) is 0 Å². The predicted molar refractivity (Wildman–Crippen MR) is 186 cm³/mol. The number of phenols is 1. The standard InChI is InChI=1S/C36H56N2O7Si/c1-36(2,3)46(6,7)44-24-12-16-31(45-37-27-29-13-9-8-10-14-29)19-22-38-20-17-28(18-21-38)15-11-23-43-35(40)30-25-32(39)34(42-5)33(26-30)41-4/h8-10,13-14,25-28,31,39H,11-12,15-24H2,1-7H3/b37-27+. The van der Waals surface area contributed by atoms with Crippen molar-refractivity contribution < 1.29 is 33.4 Å². The van der Waals surface area contributed by atoms with Gasteiger partial charge in [-0.15, -0.1) is 0 Å². The van der Waals surface area contributed by atoms with Gasteiger partial charge in [0.25, 0.3) is 0 Å². The highest BCUT2D eigenvalue weighted by Crippen LogP contribution is 2.38. The summed E-state index contributed by atoms with van der Waals surface area (Å²) >= 11 is 0. The van der Waals surface area contributed by atoms with Crippen LogP contribution in [0.15, 0.2) is 47.6 Å². The minimum absolute atomic E-state index is 0.0444. The molecule has 256 valence electrons. The van der Waals surface area contributed by atoms with E-state index in [1.54, 1.807) is 6.21 Å². The van der Waals surface area contributed by atoms with Crippen LogP contribution >= 0.6 is 0 Å². The lowest BCUT2D eigenvalue weighted by atomic mass is 9.92. The summed E-state index contributed by atoms with van der Waals surface area (Å²) in [5, 5.41) is 14.7. The normalized spacial score (nSPS) is 15.5. The van der Waals surface area contributed by atoms with Crippen molar-refractivity contribution in [3.8, 4) is 17.2 Å². The molecule has 1 N–H and O–H groups in total. The van der Waals surface area contributed by atoms with Crippen molar-refractivity contribution in [2.24, 2.45) is 11.1 Å². The average Bonchev–Trinajstić information content (AvgIpc) is 3.03. The summed E-state index contributed by atoms with van der Waals surface area (Å²) in [5.74, 6) is 0.456. The molecule has 0 aliphatic carbocycles. The van der Waals surface area contributed by atoms with Crippen LogP contribution in [0.1, 0.15) is 81.6 Å². The van der Waals surface area contributed by atoms with E-state index in [0.717, 1.165) is 76.8 Å². The van der Waals surface area contributed by atoms with Crippen molar-refractivity contribution in [1.29, 1.82) is 0 Å². The van der Waals surface area contributed by atoms with E-state index in [-0.39, 0.29) is 34.0 Å². The Kier molecular flexibility index (Phi) is 14.9. The third-order valence-corrected chi connectivity index (χ3v) is 13.8. The fraction of sp³-hybridized carbons (Fsp3) is 0.611. The van der Waals surface area contributed by atoms with Crippen molar-refractivity contribution in [1.82, 2.24) is 4.90 Å². The smallest absolute Gasteiger partial charge is 0.338 e. The molecule has 1 aliphatic rings. The zero-order chi connectivity index (χ0) is 33.6. The lowest BCUT2D eigenvalue weighted by Gasteiger charge is -2.36. The van der Waals surface area contributed by atoms with E-state index in [9.17, 15) is 9.90 Å². The maximum atomic E-state index is 12.5. The highest BCUT2D eigenvalue weighted by atomic mass is 28.4. The quantitative estimate of drug-likeness (QED) is 0.0574. The van der Waals surface area contributed by atoms with Gasteiger partial charge in [-0.25, -0.2) is 4.79 Å². The minimum Gasteiger partial charge on any atom is -0.504 e. The summed E-state index contributed by atoms with van der Waals surface area (Å²) in [6.45, 7) is 15.6. The Morgan fingerprint density at radius 3 is 2.41 bits per heavy atom. The maximum Gasteiger partial charge on any atom is 0.338 e. The molecule has 0 spiro atoms. The number of carbonyl (C=O) groups excluding carboxylic acids is 1. The second-order valence-electron chi connectivity index (χ2n) is 13.7. The Bertz CT molecular complexity index is 1220. The van der Waals surface area contributed by atoms with Gasteiger partial charge in [0.2, 0.25) is 5.75 Å². The van der Waals surface area contributed by atoms with E-state index in [0.29, 0.717) is 12.5 Å². The first-order valence-electron chi connectivity index (χ1n) is 16.7. The number of ether oxygens (including phenoxy) is 3. The number of phenolic OH excluding ortho intramolecular Hbond substituents is 1. The van der Waals surface area contributed by atoms with E-state index >= 15 is 0 Å². The highest BCUT2D eigenvalue weighted by Gasteiger charge is 2.37. The number of piperidine rings is 1. The van der Waals surface area contributed by atoms with E-state index in [4.69, 9.17) is 23.5 Å². The third kappa shape index (κ3) is 11.9. The largest absolute Gasteiger partial charge is 0.504 e. The van der Waals surface area contributed by atoms with Crippen molar-refractivity contribution in [2.75, 3.05) is 47.1 Å². The number of rotatable bonds is 18. The first kappa shape index (κ1) is 37.4. The molecular formula is C36H56N2O7Si. The number of oxime groups is 1. The maximum absolute atomic E-state index is 12.5. The average molecular weight is 657 g/mol. The molecule has 9 nitrogen and oxygen atoms in total. The van der Waals surface area contributed by atoms with Crippen molar-refractivity contribution in [2.45, 2.75) is 90.0 Å². The second kappa shape index (κ2) is 18.3. The van der Waals surface area contributed by atoms with Gasteiger partial charge >= 0.3 is 5.97 Å². The molecule has 1 aliphatic heterocycles. The Morgan fingerprint density at radius 2 is 1.76 bits per heavy atom. The van der Waals surface area contributed by atoms with Crippen molar-refractivity contribution in [3.63, 3.8) is 0 Å². The SMILES string of the molecule is COc1cc(C(=O)OCCCC2CCN(CCC(CCCO[Si](C)(C)C(C)(C)C)O/N=C/c3ccccc3)CC2)cc(O)c1OC. The third-order valence-electron chi connectivity index (χ3n) is 9.31. The molecule has 1 atom stereocenters.